The first-order chi connectivity index (χ1) is 8.97. The van der Waals surface area contributed by atoms with Gasteiger partial charge >= 0.3 is 0 Å². The van der Waals surface area contributed by atoms with E-state index in [9.17, 15) is 4.79 Å². The van der Waals surface area contributed by atoms with Crippen molar-refractivity contribution in [2.75, 3.05) is 11.1 Å². The van der Waals surface area contributed by atoms with Crippen molar-refractivity contribution in [2.45, 2.75) is 0 Å². The molecule has 0 saturated heterocycles. The molecule has 0 aliphatic heterocycles. The maximum atomic E-state index is 12.1. The molecule has 0 fully saturated rings. The second kappa shape index (κ2) is 5.65. The Hall–Kier alpha value is -1.49. The number of rotatable bonds is 2. The van der Waals surface area contributed by atoms with Gasteiger partial charge in [0.1, 0.15) is 11.0 Å². The Morgan fingerprint density at radius 1 is 1.21 bits per heavy atom. The monoisotopic (exact) mass is 315 g/mol. The van der Waals surface area contributed by atoms with Crippen LogP contribution in [0.4, 0.5) is 11.5 Å². The van der Waals surface area contributed by atoms with E-state index in [0.717, 1.165) is 0 Å². The van der Waals surface area contributed by atoms with Crippen LogP contribution >= 0.6 is 34.8 Å². The fourth-order valence-electron chi connectivity index (χ4n) is 1.44. The normalized spacial score (nSPS) is 10.3. The third-order valence-electron chi connectivity index (χ3n) is 2.25. The summed E-state index contributed by atoms with van der Waals surface area (Å²) in [5.74, 6) is -0.152. The fourth-order valence-corrected chi connectivity index (χ4v) is 2.02. The van der Waals surface area contributed by atoms with E-state index in [1.807, 2.05) is 0 Å². The van der Waals surface area contributed by atoms with Crippen LogP contribution in [-0.2, 0) is 0 Å². The number of pyridine rings is 1. The van der Waals surface area contributed by atoms with E-state index in [2.05, 4.69) is 10.3 Å². The summed E-state index contributed by atoms with van der Waals surface area (Å²) in [6.45, 7) is 0. The molecule has 1 heterocycles. The molecule has 0 spiro atoms. The molecular formula is C12H8Cl3N3O. The Morgan fingerprint density at radius 3 is 2.63 bits per heavy atom. The molecule has 2 rings (SSSR count). The minimum absolute atomic E-state index is 0.135. The molecule has 4 nitrogen and oxygen atoms in total. The smallest absolute Gasteiger partial charge is 0.258 e. The predicted octanol–water partition coefficient (Wildman–Crippen LogP) is 3.88. The highest BCUT2D eigenvalue weighted by Gasteiger charge is 2.14. The van der Waals surface area contributed by atoms with E-state index >= 15 is 0 Å². The van der Waals surface area contributed by atoms with E-state index in [1.165, 1.54) is 12.1 Å². The maximum Gasteiger partial charge on any atom is 0.258 e. The number of nitrogens with zero attached hydrogens (tertiary/aromatic N) is 1. The highest BCUT2D eigenvalue weighted by atomic mass is 35.5. The predicted molar refractivity (Wildman–Crippen MR) is 78.1 cm³/mol. The van der Waals surface area contributed by atoms with Gasteiger partial charge in [-0.1, -0.05) is 40.9 Å². The van der Waals surface area contributed by atoms with Gasteiger partial charge in [0, 0.05) is 5.69 Å². The molecule has 0 saturated carbocycles. The molecular weight excluding hydrogens is 309 g/mol. The minimum atomic E-state index is -0.464. The van der Waals surface area contributed by atoms with Crippen molar-refractivity contribution in [3.8, 4) is 0 Å². The number of anilines is 2. The third-order valence-corrected chi connectivity index (χ3v) is 3.26. The van der Waals surface area contributed by atoms with Gasteiger partial charge in [-0.2, -0.15) is 0 Å². The molecule has 0 unspecified atom stereocenters. The first-order valence-corrected chi connectivity index (χ1v) is 6.29. The topological polar surface area (TPSA) is 68.0 Å². The molecule has 0 atom stereocenters. The zero-order chi connectivity index (χ0) is 14.0. The van der Waals surface area contributed by atoms with Gasteiger partial charge in [0.05, 0.1) is 15.6 Å². The van der Waals surface area contributed by atoms with Crippen molar-refractivity contribution >= 4 is 52.2 Å². The van der Waals surface area contributed by atoms with Crippen LogP contribution < -0.4 is 11.1 Å². The van der Waals surface area contributed by atoms with Crippen molar-refractivity contribution in [2.24, 2.45) is 0 Å². The molecule has 98 valence electrons. The summed E-state index contributed by atoms with van der Waals surface area (Å²) in [5.41, 5.74) is 6.14. The van der Waals surface area contributed by atoms with Crippen LogP contribution in [0, 0.1) is 0 Å². The van der Waals surface area contributed by atoms with Crippen LogP contribution in [-0.4, -0.2) is 10.9 Å². The van der Waals surface area contributed by atoms with Gasteiger partial charge in [-0.3, -0.25) is 4.79 Å². The van der Waals surface area contributed by atoms with Crippen LogP contribution in [0.1, 0.15) is 10.4 Å². The Kier molecular flexibility index (Phi) is 4.14. The lowest BCUT2D eigenvalue weighted by Gasteiger charge is -2.08. The van der Waals surface area contributed by atoms with Gasteiger partial charge < -0.3 is 11.1 Å². The summed E-state index contributed by atoms with van der Waals surface area (Å²) >= 11 is 17.6. The summed E-state index contributed by atoms with van der Waals surface area (Å²) in [6, 6.07) is 7.78. The number of nitrogens with two attached hydrogens (primary N) is 1. The van der Waals surface area contributed by atoms with Crippen molar-refractivity contribution in [1.29, 1.82) is 0 Å². The molecule has 2 aromatic rings. The molecule has 0 bridgehead atoms. The Bertz CT molecular complexity index is 646. The van der Waals surface area contributed by atoms with Gasteiger partial charge in [-0.05, 0) is 24.3 Å². The zero-order valence-corrected chi connectivity index (χ0v) is 11.7. The summed E-state index contributed by atoms with van der Waals surface area (Å²) in [4.78, 5) is 16.0. The summed E-state index contributed by atoms with van der Waals surface area (Å²) in [5, 5.41) is 3.18. The fraction of sp³-hybridized carbons (Fsp3) is 0. The first-order valence-electron chi connectivity index (χ1n) is 5.16. The number of hydrogen-bond acceptors (Lipinski definition) is 3. The van der Waals surface area contributed by atoms with Crippen molar-refractivity contribution in [3.63, 3.8) is 0 Å². The number of nitrogens with one attached hydrogen (secondary N) is 1. The van der Waals surface area contributed by atoms with E-state index in [-0.39, 0.29) is 20.8 Å². The van der Waals surface area contributed by atoms with Gasteiger partial charge in [-0.15, -0.1) is 0 Å². The molecule has 1 aromatic heterocycles. The van der Waals surface area contributed by atoms with Crippen LogP contribution in [0.25, 0.3) is 0 Å². The lowest BCUT2D eigenvalue weighted by Crippen LogP contribution is -2.14. The van der Waals surface area contributed by atoms with E-state index < -0.39 is 5.91 Å². The summed E-state index contributed by atoms with van der Waals surface area (Å²) < 4.78 is 0. The maximum absolute atomic E-state index is 12.1. The lowest BCUT2D eigenvalue weighted by atomic mass is 10.2. The second-order valence-corrected chi connectivity index (χ2v) is 4.84. The Balaban J connectivity index is 2.30. The first kappa shape index (κ1) is 13.9. The largest absolute Gasteiger partial charge is 0.399 e. The Morgan fingerprint density at radius 2 is 1.95 bits per heavy atom. The number of halogens is 3. The van der Waals surface area contributed by atoms with E-state index in [0.29, 0.717) is 11.5 Å². The average molecular weight is 317 g/mol. The van der Waals surface area contributed by atoms with Gasteiger partial charge in [0.25, 0.3) is 5.91 Å². The van der Waals surface area contributed by atoms with Crippen LogP contribution in [0.5, 0.6) is 0 Å². The SMILES string of the molecule is Nc1cc(Cl)c(Cl)c(C(=O)Nc2cccc(Cl)n2)c1. The third kappa shape index (κ3) is 3.29. The molecule has 0 radical (unpaired) electrons. The van der Waals surface area contributed by atoms with Crippen LogP contribution in [0.3, 0.4) is 0 Å². The second-order valence-electron chi connectivity index (χ2n) is 3.66. The number of amides is 1. The van der Waals surface area contributed by atoms with Crippen LogP contribution in [0.2, 0.25) is 15.2 Å². The van der Waals surface area contributed by atoms with Gasteiger partial charge in [0.2, 0.25) is 0 Å². The lowest BCUT2D eigenvalue weighted by molar-refractivity contribution is 0.102. The molecule has 0 aliphatic rings. The molecule has 19 heavy (non-hydrogen) atoms. The van der Waals surface area contributed by atoms with Crippen molar-refractivity contribution in [1.82, 2.24) is 4.98 Å². The highest BCUT2D eigenvalue weighted by Crippen LogP contribution is 2.29. The molecule has 1 aromatic carbocycles. The number of nitrogen functional groups attached to an aromatic ring is 1. The van der Waals surface area contributed by atoms with Crippen molar-refractivity contribution in [3.05, 3.63) is 51.1 Å². The van der Waals surface area contributed by atoms with E-state index in [1.54, 1.807) is 18.2 Å². The van der Waals surface area contributed by atoms with Gasteiger partial charge in [0.15, 0.2) is 0 Å². The molecule has 7 heteroatoms. The van der Waals surface area contributed by atoms with Crippen molar-refractivity contribution < 1.29 is 4.79 Å². The number of aromatic nitrogens is 1. The molecule has 3 N–H and O–H groups in total. The average Bonchev–Trinajstić information content (AvgIpc) is 2.33. The number of hydrogen-bond donors (Lipinski definition) is 2. The molecule has 1 amide bonds. The zero-order valence-electron chi connectivity index (χ0n) is 9.45. The standard InChI is InChI=1S/C12H8Cl3N3O/c13-8-5-6(16)4-7(11(8)15)12(19)18-10-3-1-2-9(14)17-10/h1-5H,16H2,(H,17,18,19). The van der Waals surface area contributed by atoms with Crippen LogP contribution in [0.15, 0.2) is 30.3 Å². The minimum Gasteiger partial charge on any atom is -0.399 e. The van der Waals surface area contributed by atoms with Gasteiger partial charge in [-0.25, -0.2) is 4.98 Å². The summed E-state index contributed by atoms with van der Waals surface area (Å²) in [7, 11) is 0. The quantitative estimate of drug-likeness (QED) is 0.652. The van der Waals surface area contributed by atoms with E-state index in [4.69, 9.17) is 40.5 Å². The highest BCUT2D eigenvalue weighted by molar-refractivity contribution is 6.44. The summed E-state index contributed by atoms with van der Waals surface area (Å²) in [6.07, 6.45) is 0. The number of benzene rings is 1. The number of carbonyl (C=O) groups is 1. The Labute approximate surface area is 124 Å². The molecule has 0 aliphatic carbocycles. The number of carbonyl (C=O) groups excluding carboxylic acids is 1.